The molecule has 2 N–H and O–H groups in total. The van der Waals surface area contributed by atoms with E-state index >= 15 is 0 Å². The molecule has 0 unspecified atom stereocenters. The minimum absolute atomic E-state index is 0.0834. The molecule has 0 amide bonds. The van der Waals surface area contributed by atoms with Crippen LogP contribution in [0.1, 0.15) is 70.8 Å². The van der Waals surface area contributed by atoms with E-state index in [-0.39, 0.29) is 23.9 Å². The average molecular weight is 350 g/mol. The highest BCUT2D eigenvalue weighted by atomic mass is 16.5. The van der Waals surface area contributed by atoms with E-state index in [1.54, 1.807) is 7.11 Å². The number of methoxy groups -OCH3 is 1. The second kappa shape index (κ2) is 8.17. The molecule has 3 rings (SSSR count). The maximum atomic E-state index is 12.5. The summed E-state index contributed by atoms with van der Waals surface area (Å²) in [5.74, 6) is 0.876. The van der Waals surface area contributed by atoms with Crippen LogP contribution in [-0.4, -0.2) is 33.8 Å². The van der Waals surface area contributed by atoms with Gasteiger partial charge in [-0.1, -0.05) is 19.3 Å². The number of hydrogen-bond acceptors (Lipinski definition) is 5. The highest BCUT2D eigenvalue weighted by Crippen LogP contribution is 2.28. The monoisotopic (exact) mass is 350 g/mol. The summed E-state index contributed by atoms with van der Waals surface area (Å²) in [6.07, 6.45) is 9.71. The van der Waals surface area contributed by atoms with Crippen LogP contribution in [0.2, 0.25) is 0 Å². The van der Waals surface area contributed by atoms with Crippen LogP contribution in [0, 0.1) is 5.92 Å². The molecule has 2 aliphatic carbocycles. The Balaban J connectivity index is 1.70. The van der Waals surface area contributed by atoms with E-state index in [2.05, 4.69) is 22.2 Å². The minimum atomic E-state index is -0.456. The Labute approximate surface area is 148 Å². The molecule has 2 saturated carbocycles. The van der Waals surface area contributed by atoms with Crippen molar-refractivity contribution in [3.8, 4) is 0 Å². The molecule has 0 spiro atoms. The third-order valence-corrected chi connectivity index (χ3v) is 5.92. The summed E-state index contributed by atoms with van der Waals surface area (Å²) < 4.78 is 6.64. The summed E-state index contributed by atoms with van der Waals surface area (Å²) in [5, 5.41) is 3.24. The first-order valence-electron chi connectivity index (χ1n) is 9.60. The smallest absolute Gasteiger partial charge is 0.355 e. The van der Waals surface area contributed by atoms with Crippen molar-refractivity contribution in [3.63, 3.8) is 0 Å². The van der Waals surface area contributed by atoms with Crippen LogP contribution in [-0.2, 0) is 4.74 Å². The molecule has 0 aromatic carbocycles. The van der Waals surface area contributed by atoms with E-state index in [0.29, 0.717) is 11.9 Å². The molecule has 25 heavy (non-hydrogen) atoms. The zero-order valence-corrected chi connectivity index (χ0v) is 15.3. The maximum absolute atomic E-state index is 12.5. The standard InChI is InChI=1S/C18H30N4O3/c1-12(13-6-4-3-5-7-13)19-16-20-17(23)22(18(24)21-16)14-8-10-15(25-2)11-9-14/h12-15H,3-11H2,1-2H3,(H2,19,20,21,23,24)/t12-,14?,15?/m0/s1. The lowest BCUT2D eigenvalue weighted by molar-refractivity contribution is 0.0572. The topological polar surface area (TPSA) is 89.0 Å². The number of hydrogen-bond donors (Lipinski definition) is 2. The Hall–Kier alpha value is -1.63. The zero-order valence-electron chi connectivity index (χ0n) is 15.3. The molecule has 0 saturated heterocycles. The Morgan fingerprint density at radius 2 is 1.80 bits per heavy atom. The van der Waals surface area contributed by atoms with Crippen molar-refractivity contribution in [2.45, 2.75) is 82.9 Å². The lowest BCUT2D eigenvalue weighted by Gasteiger charge is -2.29. The average Bonchev–Trinajstić information content (AvgIpc) is 2.62. The summed E-state index contributed by atoms with van der Waals surface area (Å²) in [6.45, 7) is 2.10. The predicted octanol–water partition coefficient (Wildman–Crippen LogP) is 2.44. The summed E-state index contributed by atoms with van der Waals surface area (Å²) in [6, 6.07) is 0.121. The molecular formula is C18H30N4O3. The van der Waals surface area contributed by atoms with Gasteiger partial charge in [0.25, 0.3) is 0 Å². The van der Waals surface area contributed by atoms with Crippen LogP contribution in [0.4, 0.5) is 5.95 Å². The molecule has 7 heteroatoms. The highest BCUT2D eigenvalue weighted by molar-refractivity contribution is 5.23. The number of nitrogens with one attached hydrogen (secondary N) is 2. The van der Waals surface area contributed by atoms with E-state index in [9.17, 15) is 9.59 Å². The lowest BCUT2D eigenvalue weighted by atomic mass is 9.85. The molecule has 1 aromatic rings. The highest BCUT2D eigenvalue weighted by Gasteiger charge is 2.25. The van der Waals surface area contributed by atoms with Gasteiger partial charge in [-0.25, -0.2) is 14.2 Å². The van der Waals surface area contributed by atoms with Gasteiger partial charge < -0.3 is 10.1 Å². The third kappa shape index (κ3) is 4.32. The summed E-state index contributed by atoms with van der Waals surface area (Å²) in [4.78, 5) is 31.8. The number of anilines is 1. The fraction of sp³-hybridized carbons (Fsp3) is 0.833. The van der Waals surface area contributed by atoms with E-state index in [1.807, 2.05) is 0 Å². The Morgan fingerprint density at radius 1 is 1.12 bits per heavy atom. The number of H-pyrrole nitrogens is 1. The Kier molecular flexibility index (Phi) is 5.93. The van der Waals surface area contributed by atoms with Gasteiger partial charge in [0, 0.05) is 19.2 Å². The predicted molar refractivity (Wildman–Crippen MR) is 97.1 cm³/mol. The van der Waals surface area contributed by atoms with Crippen LogP contribution >= 0.6 is 0 Å². The van der Waals surface area contributed by atoms with Crippen molar-refractivity contribution >= 4 is 5.95 Å². The van der Waals surface area contributed by atoms with E-state index < -0.39 is 5.69 Å². The van der Waals surface area contributed by atoms with Crippen molar-refractivity contribution in [3.05, 3.63) is 21.0 Å². The van der Waals surface area contributed by atoms with Gasteiger partial charge in [-0.15, -0.1) is 0 Å². The van der Waals surface area contributed by atoms with Gasteiger partial charge in [0.2, 0.25) is 5.95 Å². The fourth-order valence-electron chi connectivity index (χ4n) is 4.32. The van der Waals surface area contributed by atoms with Gasteiger partial charge in [0.1, 0.15) is 0 Å². The Bertz CT molecular complexity index is 638. The molecule has 0 aliphatic heterocycles. The van der Waals surface area contributed by atoms with Crippen molar-refractivity contribution < 1.29 is 4.74 Å². The molecule has 1 atom stereocenters. The van der Waals surface area contributed by atoms with Gasteiger partial charge in [-0.3, -0.25) is 4.98 Å². The molecule has 1 aromatic heterocycles. The first kappa shape index (κ1) is 18.2. The van der Waals surface area contributed by atoms with Crippen molar-refractivity contribution in [2.75, 3.05) is 12.4 Å². The van der Waals surface area contributed by atoms with Crippen molar-refractivity contribution in [2.24, 2.45) is 5.92 Å². The van der Waals surface area contributed by atoms with E-state index in [0.717, 1.165) is 25.7 Å². The van der Waals surface area contributed by atoms with Gasteiger partial charge in [0.15, 0.2) is 0 Å². The first-order chi connectivity index (χ1) is 12.1. The quantitative estimate of drug-likeness (QED) is 0.851. The number of nitrogens with zero attached hydrogens (tertiary/aromatic N) is 2. The Morgan fingerprint density at radius 3 is 2.40 bits per heavy atom. The van der Waals surface area contributed by atoms with Crippen LogP contribution in [0.5, 0.6) is 0 Å². The van der Waals surface area contributed by atoms with Gasteiger partial charge >= 0.3 is 11.4 Å². The molecule has 1 heterocycles. The number of rotatable bonds is 5. The lowest BCUT2D eigenvalue weighted by Crippen LogP contribution is -2.42. The number of ether oxygens (including phenoxy) is 1. The summed E-state index contributed by atoms with van der Waals surface area (Å²) >= 11 is 0. The van der Waals surface area contributed by atoms with Crippen molar-refractivity contribution in [1.82, 2.24) is 14.5 Å². The molecule has 0 bridgehead atoms. The van der Waals surface area contributed by atoms with Crippen molar-refractivity contribution in [1.29, 1.82) is 0 Å². The van der Waals surface area contributed by atoms with Crippen LogP contribution in [0.3, 0.4) is 0 Å². The number of aromatic amines is 1. The molecular weight excluding hydrogens is 320 g/mol. The molecule has 140 valence electrons. The van der Waals surface area contributed by atoms with Crippen LogP contribution in [0.25, 0.3) is 0 Å². The summed E-state index contributed by atoms with van der Waals surface area (Å²) in [5.41, 5.74) is -0.817. The van der Waals surface area contributed by atoms with Gasteiger partial charge in [0.05, 0.1) is 6.10 Å². The maximum Gasteiger partial charge on any atom is 0.355 e. The second-order valence-electron chi connectivity index (χ2n) is 7.54. The normalized spacial score (nSPS) is 26.3. The molecule has 2 aliphatic rings. The van der Waals surface area contributed by atoms with Gasteiger partial charge in [-0.05, 0) is 51.4 Å². The zero-order chi connectivity index (χ0) is 17.8. The van der Waals surface area contributed by atoms with Crippen LogP contribution in [0.15, 0.2) is 9.59 Å². The van der Waals surface area contributed by atoms with Crippen LogP contribution < -0.4 is 16.7 Å². The largest absolute Gasteiger partial charge is 0.381 e. The summed E-state index contributed by atoms with van der Waals surface area (Å²) in [7, 11) is 1.71. The fourth-order valence-corrected chi connectivity index (χ4v) is 4.32. The van der Waals surface area contributed by atoms with Gasteiger partial charge in [-0.2, -0.15) is 4.98 Å². The second-order valence-corrected chi connectivity index (χ2v) is 7.54. The first-order valence-corrected chi connectivity index (χ1v) is 9.60. The third-order valence-electron chi connectivity index (χ3n) is 5.92. The van der Waals surface area contributed by atoms with E-state index in [1.165, 1.54) is 36.7 Å². The molecule has 7 nitrogen and oxygen atoms in total. The number of aromatic nitrogens is 3. The SMILES string of the molecule is COC1CCC(n2c(=O)nc(N[C@@H](C)C3CCCCC3)[nH]c2=O)CC1. The van der Waals surface area contributed by atoms with E-state index in [4.69, 9.17) is 4.74 Å². The minimum Gasteiger partial charge on any atom is -0.381 e. The molecule has 0 radical (unpaired) electrons. The molecule has 2 fully saturated rings.